The lowest BCUT2D eigenvalue weighted by molar-refractivity contribution is 0.0914. The van der Waals surface area contributed by atoms with E-state index in [4.69, 9.17) is 25.5 Å². The monoisotopic (exact) mass is 389 g/mol. The number of nitrogens with zero attached hydrogens (tertiary/aromatic N) is 2. The summed E-state index contributed by atoms with van der Waals surface area (Å²) in [6, 6.07) is 9.41. The third-order valence-corrected chi connectivity index (χ3v) is 4.26. The molecule has 4 rings (SSSR count). The SMILES string of the molecule is O=C(NCc1ccc2c(c1)OCO2)c1nnc(Cc2ccc(F)cc2Cl)o1. The molecule has 0 spiro atoms. The molecule has 0 atom stereocenters. The summed E-state index contributed by atoms with van der Waals surface area (Å²) in [6.45, 7) is 0.449. The van der Waals surface area contributed by atoms with Crippen molar-refractivity contribution in [2.45, 2.75) is 13.0 Å². The second-order valence-electron chi connectivity index (χ2n) is 5.78. The summed E-state index contributed by atoms with van der Waals surface area (Å²) >= 11 is 5.98. The summed E-state index contributed by atoms with van der Waals surface area (Å²) in [6.07, 6.45) is 0.196. The molecule has 27 heavy (non-hydrogen) atoms. The van der Waals surface area contributed by atoms with Crippen molar-refractivity contribution >= 4 is 17.5 Å². The molecule has 138 valence electrons. The Morgan fingerprint density at radius 1 is 1.15 bits per heavy atom. The minimum atomic E-state index is -0.503. The maximum absolute atomic E-state index is 13.1. The van der Waals surface area contributed by atoms with E-state index in [2.05, 4.69) is 15.5 Å². The summed E-state index contributed by atoms with van der Waals surface area (Å²) in [7, 11) is 0. The molecule has 0 bridgehead atoms. The number of hydrogen-bond donors (Lipinski definition) is 1. The van der Waals surface area contributed by atoms with E-state index in [-0.39, 0.29) is 36.6 Å². The van der Waals surface area contributed by atoms with E-state index in [1.54, 1.807) is 12.1 Å². The fraction of sp³-hybridized carbons (Fsp3) is 0.167. The van der Waals surface area contributed by atoms with Crippen LogP contribution in [0.2, 0.25) is 5.02 Å². The van der Waals surface area contributed by atoms with Gasteiger partial charge in [0.2, 0.25) is 12.7 Å². The van der Waals surface area contributed by atoms with E-state index in [1.165, 1.54) is 18.2 Å². The van der Waals surface area contributed by atoms with Gasteiger partial charge < -0.3 is 19.2 Å². The molecule has 1 amide bonds. The van der Waals surface area contributed by atoms with E-state index in [0.717, 1.165) is 5.56 Å². The first kappa shape index (κ1) is 17.3. The van der Waals surface area contributed by atoms with Crippen LogP contribution in [0.15, 0.2) is 40.8 Å². The van der Waals surface area contributed by atoms with Crippen LogP contribution in [0.3, 0.4) is 0 Å². The van der Waals surface area contributed by atoms with Crippen LogP contribution < -0.4 is 14.8 Å². The highest BCUT2D eigenvalue weighted by atomic mass is 35.5. The molecule has 0 unspecified atom stereocenters. The Bertz CT molecular complexity index is 1010. The zero-order valence-corrected chi connectivity index (χ0v) is 14.6. The van der Waals surface area contributed by atoms with Crippen LogP contribution in [0, 0.1) is 5.82 Å². The highest BCUT2D eigenvalue weighted by Crippen LogP contribution is 2.32. The first-order valence-electron chi connectivity index (χ1n) is 8.01. The third kappa shape index (κ3) is 3.85. The molecule has 3 aromatic rings. The Hall–Kier alpha value is -3.13. The molecule has 0 saturated carbocycles. The summed E-state index contributed by atoms with van der Waals surface area (Å²) in [4.78, 5) is 12.2. The fourth-order valence-corrected chi connectivity index (χ4v) is 2.79. The predicted molar refractivity (Wildman–Crippen MR) is 92.2 cm³/mol. The molecule has 1 aliphatic rings. The number of amides is 1. The van der Waals surface area contributed by atoms with E-state index in [9.17, 15) is 9.18 Å². The topological polar surface area (TPSA) is 86.5 Å². The van der Waals surface area contributed by atoms with E-state index in [0.29, 0.717) is 17.1 Å². The molecule has 1 aliphatic heterocycles. The maximum Gasteiger partial charge on any atom is 0.309 e. The molecule has 1 N–H and O–H groups in total. The Morgan fingerprint density at radius 3 is 2.85 bits per heavy atom. The van der Waals surface area contributed by atoms with Gasteiger partial charge in [-0.3, -0.25) is 4.79 Å². The highest BCUT2D eigenvalue weighted by Gasteiger charge is 2.17. The van der Waals surface area contributed by atoms with Crippen molar-refractivity contribution in [1.82, 2.24) is 15.5 Å². The smallest absolute Gasteiger partial charge is 0.309 e. The van der Waals surface area contributed by atoms with Crippen molar-refractivity contribution in [3.8, 4) is 11.5 Å². The van der Waals surface area contributed by atoms with Crippen LogP contribution in [0.25, 0.3) is 0 Å². The number of benzene rings is 2. The number of nitrogens with one attached hydrogen (secondary N) is 1. The van der Waals surface area contributed by atoms with Gasteiger partial charge in [0.1, 0.15) is 5.82 Å². The van der Waals surface area contributed by atoms with Gasteiger partial charge in [-0.2, -0.15) is 0 Å². The van der Waals surface area contributed by atoms with Crippen LogP contribution in [0.5, 0.6) is 11.5 Å². The zero-order chi connectivity index (χ0) is 18.8. The minimum absolute atomic E-state index is 0.163. The van der Waals surface area contributed by atoms with E-state index >= 15 is 0 Å². The second kappa shape index (κ2) is 7.24. The van der Waals surface area contributed by atoms with Gasteiger partial charge in [-0.25, -0.2) is 4.39 Å². The van der Waals surface area contributed by atoms with Crippen LogP contribution in [-0.2, 0) is 13.0 Å². The average molecular weight is 390 g/mol. The summed E-state index contributed by atoms with van der Waals surface area (Å²) in [5.74, 6) is 0.416. The average Bonchev–Trinajstić information content (AvgIpc) is 3.31. The Balaban J connectivity index is 1.38. The van der Waals surface area contributed by atoms with E-state index < -0.39 is 11.7 Å². The second-order valence-corrected chi connectivity index (χ2v) is 6.19. The number of carbonyl (C=O) groups excluding carboxylic acids is 1. The number of carbonyl (C=O) groups is 1. The van der Waals surface area contributed by atoms with Crippen molar-refractivity contribution in [3.05, 3.63) is 70.1 Å². The number of ether oxygens (including phenoxy) is 2. The largest absolute Gasteiger partial charge is 0.454 e. The molecule has 0 radical (unpaired) electrons. The zero-order valence-electron chi connectivity index (χ0n) is 13.9. The molecule has 2 aromatic carbocycles. The number of aromatic nitrogens is 2. The lowest BCUT2D eigenvalue weighted by Crippen LogP contribution is -2.23. The van der Waals surface area contributed by atoms with Crippen molar-refractivity contribution in [3.63, 3.8) is 0 Å². The van der Waals surface area contributed by atoms with Crippen molar-refractivity contribution < 1.29 is 23.1 Å². The van der Waals surface area contributed by atoms with Gasteiger partial charge in [-0.1, -0.05) is 23.7 Å². The standard InChI is InChI=1S/C18H13ClFN3O4/c19-13-7-12(20)3-2-11(13)6-16-22-23-18(27-16)17(24)21-8-10-1-4-14-15(5-10)26-9-25-14/h1-5,7H,6,8-9H2,(H,21,24). The van der Waals surface area contributed by atoms with Gasteiger partial charge in [0.25, 0.3) is 0 Å². The molecular weight excluding hydrogens is 377 g/mol. The van der Waals surface area contributed by atoms with E-state index in [1.807, 2.05) is 6.07 Å². The molecule has 7 nitrogen and oxygen atoms in total. The normalized spacial score (nSPS) is 12.2. The lowest BCUT2D eigenvalue weighted by atomic mass is 10.1. The molecule has 0 fully saturated rings. The Morgan fingerprint density at radius 2 is 2.00 bits per heavy atom. The Kier molecular flexibility index (Phi) is 4.64. The highest BCUT2D eigenvalue weighted by molar-refractivity contribution is 6.31. The summed E-state index contributed by atoms with van der Waals surface area (Å²) in [5.41, 5.74) is 1.46. The molecule has 0 saturated heterocycles. The molecule has 9 heteroatoms. The van der Waals surface area contributed by atoms with Crippen LogP contribution in [0.4, 0.5) is 4.39 Å². The van der Waals surface area contributed by atoms with Crippen molar-refractivity contribution in [1.29, 1.82) is 0 Å². The van der Waals surface area contributed by atoms with Crippen molar-refractivity contribution in [2.75, 3.05) is 6.79 Å². The molecule has 1 aromatic heterocycles. The number of rotatable bonds is 5. The molecule has 0 aliphatic carbocycles. The third-order valence-electron chi connectivity index (χ3n) is 3.91. The lowest BCUT2D eigenvalue weighted by Gasteiger charge is -2.04. The predicted octanol–water partition coefficient (Wildman–Crippen LogP) is 3.11. The van der Waals surface area contributed by atoms with Crippen molar-refractivity contribution in [2.24, 2.45) is 0 Å². The van der Waals surface area contributed by atoms with Gasteiger partial charge >= 0.3 is 11.8 Å². The Labute approximate surface area is 158 Å². The summed E-state index contributed by atoms with van der Waals surface area (Å²) in [5, 5.41) is 10.5. The van der Waals surface area contributed by atoms with Crippen LogP contribution in [-0.4, -0.2) is 22.9 Å². The quantitative estimate of drug-likeness (QED) is 0.721. The van der Waals surface area contributed by atoms with Gasteiger partial charge in [0.05, 0.1) is 6.42 Å². The number of fused-ring (bicyclic) bond motifs is 1. The number of halogens is 2. The van der Waals surface area contributed by atoms with Gasteiger partial charge in [-0.05, 0) is 35.4 Å². The molecule has 2 heterocycles. The molecular formula is C18H13ClFN3O4. The van der Waals surface area contributed by atoms with Crippen LogP contribution in [0.1, 0.15) is 27.7 Å². The maximum atomic E-state index is 13.1. The first-order chi connectivity index (χ1) is 13.1. The number of hydrogen-bond acceptors (Lipinski definition) is 6. The first-order valence-corrected chi connectivity index (χ1v) is 8.39. The summed E-state index contributed by atoms with van der Waals surface area (Å²) < 4.78 is 29.0. The minimum Gasteiger partial charge on any atom is -0.454 e. The van der Waals surface area contributed by atoms with Gasteiger partial charge in [0, 0.05) is 11.6 Å². The van der Waals surface area contributed by atoms with Gasteiger partial charge in [0.15, 0.2) is 11.5 Å². The van der Waals surface area contributed by atoms with Crippen LogP contribution >= 0.6 is 11.6 Å². The van der Waals surface area contributed by atoms with Gasteiger partial charge in [-0.15, -0.1) is 10.2 Å². The fourth-order valence-electron chi connectivity index (χ4n) is 2.55.